The Balaban J connectivity index is 1.16. The van der Waals surface area contributed by atoms with Crippen LogP contribution in [0.15, 0.2) is 79.0 Å². The number of hydrogen-bond donors (Lipinski definition) is 2. The zero-order valence-electron chi connectivity index (χ0n) is 19.1. The van der Waals surface area contributed by atoms with Gasteiger partial charge in [-0.3, -0.25) is 4.68 Å². The zero-order valence-corrected chi connectivity index (χ0v) is 19.1. The van der Waals surface area contributed by atoms with E-state index < -0.39 is 0 Å². The van der Waals surface area contributed by atoms with Crippen molar-refractivity contribution in [2.45, 2.75) is 26.0 Å². The minimum absolute atomic E-state index is 0.291. The molecule has 0 atom stereocenters. The number of hydrogen-bond acceptors (Lipinski definition) is 4. The topological polar surface area (TPSA) is 71.4 Å². The molecule has 0 saturated carbocycles. The molecule has 1 aliphatic rings. The van der Waals surface area contributed by atoms with Gasteiger partial charge in [0.2, 0.25) is 0 Å². The summed E-state index contributed by atoms with van der Waals surface area (Å²) in [5, 5.41) is 11.4. The Morgan fingerprint density at radius 3 is 2.41 bits per heavy atom. The third kappa shape index (κ3) is 5.55. The summed E-state index contributed by atoms with van der Waals surface area (Å²) in [4.78, 5) is 15.0. The first-order valence-corrected chi connectivity index (χ1v) is 11.8. The summed E-state index contributed by atoms with van der Waals surface area (Å²) < 4.78 is 7.82. The largest absolute Gasteiger partial charge is 0.489 e. The third-order valence-corrected chi connectivity index (χ3v) is 6.09. The number of anilines is 2. The number of carbonyl (C=O) groups is 1. The van der Waals surface area contributed by atoms with Crippen LogP contribution in [0.25, 0.3) is 10.9 Å². The quantitative estimate of drug-likeness (QED) is 0.375. The molecule has 0 spiro atoms. The molecule has 7 nitrogen and oxygen atoms in total. The van der Waals surface area contributed by atoms with Gasteiger partial charge in [-0.2, -0.15) is 5.10 Å². The normalized spacial score (nSPS) is 13.8. The first-order chi connectivity index (χ1) is 16.7. The van der Waals surface area contributed by atoms with E-state index >= 15 is 0 Å². The van der Waals surface area contributed by atoms with Crippen molar-refractivity contribution in [3.63, 3.8) is 0 Å². The second-order valence-electron chi connectivity index (χ2n) is 8.57. The van der Waals surface area contributed by atoms with Crippen molar-refractivity contribution in [3.05, 3.63) is 84.6 Å². The first kappa shape index (κ1) is 22.0. The molecule has 1 aliphatic heterocycles. The van der Waals surface area contributed by atoms with Gasteiger partial charge in [0, 0.05) is 23.3 Å². The van der Waals surface area contributed by atoms with Gasteiger partial charge in [-0.05, 0) is 74.0 Å². The number of nitrogens with zero attached hydrogens (tertiary/aromatic N) is 3. The van der Waals surface area contributed by atoms with Crippen molar-refractivity contribution in [2.75, 3.05) is 30.3 Å². The van der Waals surface area contributed by atoms with Crippen molar-refractivity contribution < 1.29 is 9.53 Å². The lowest BCUT2D eigenvalue weighted by molar-refractivity contribution is 0.262. The number of ether oxygens (including phenoxy) is 1. The number of fused-ring (bicyclic) bond motifs is 1. The molecule has 1 saturated heterocycles. The van der Waals surface area contributed by atoms with Gasteiger partial charge in [-0.25, -0.2) is 4.79 Å². The molecule has 0 aliphatic carbocycles. The second kappa shape index (κ2) is 10.4. The molecule has 4 aromatic rings. The van der Waals surface area contributed by atoms with Crippen LogP contribution in [0.3, 0.4) is 0 Å². The molecule has 34 heavy (non-hydrogen) atoms. The summed E-state index contributed by atoms with van der Waals surface area (Å²) in [5.74, 6) is 0.752. The highest BCUT2D eigenvalue weighted by atomic mass is 16.5. The minimum Gasteiger partial charge on any atom is -0.489 e. The fourth-order valence-corrected chi connectivity index (χ4v) is 4.24. The number of aromatic nitrogens is 2. The van der Waals surface area contributed by atoms with Crippen molar-refractivity contribution in [2.24, 2.45) is 0 Å². The molecule has 2 N–H and O–H groups in total. The highest BCUT2D eigenvalue weighted by Crippen LogP contribution is 2.21. The molecule has 1 aromatic heterocycles. The Hall–Kier alpha value is -3.84. The number of likely N-dealkylation sites (tertiary alicyclic amines) is 1. The highest BCUT2D eigenvalue weighted by Gasteiger charge is 2.12. The van der Waals surface area contributed by atoms with E-state index in [9.17, 15) is 4.79 Å². The lowest BCUT2D eigenvalue weighted by atomic mass is 10.2. The van der Waals surface area contributed by atoms with Gasteiger partial charge in [0.15, 0.2) is 0 Å². The molecular formula is C27H29N5O2. The van der Waals surface area contributed by atoms with Gasteiger partial charge in [0.1, 0.15) is 12.4 Å². The summed E-state index contributed by atoms with van der Waals surface area (Å²) in [5.41, 5.74) is 3.56. The fourth-order valence-electron chi connectivity index (χ4n) is 4.24. The van der Waals surface area contributed by atoms with E-state index in [0.29, 0.717) is 12.3 Å². The Morgan fingerprint density at radius 2 is 1.62 bits per heavy atom. The monoisotopic (exact) mass is 455 g/mol. The van der Waals surface area contributed by atoms with E-state index in [0.717, 1.165) is 41.0 Å². The molecule has 0 unspecified atom stereocenters. The summed E-state index contributed by atoms with van der Waals surface area (Å²) >= 11 is 0. The molecule has 7 heteroatoms. The van der Waals surface area contributed by atoms with Crippen LogP contribution >= 0.6 is 0 Å². The van der Waals surface area contributed by atoms with Gasteiger partial charge in [-0.1, -0.05) is 30.3 Å². The smallest absolute Gasteiger partial charge is 0.323 e. The van der Waals surface area contributed by atoms with Gasteiger partial charge < -0.3 is 20.3 Å². The van der Waals surface area contributed by atoms with E-state index in [1.165, 1.54) is 25.9 Å². The Kier molecular flexibility index (Phi) is 6.72. The Bertz CT molecular complexity index is 1230. The van der Waals surface area contributed by atoms with Gasteiger partial charge in [0.05, 0.1) is 18.3 Å². The lowest BCUT2D eigenvalue weighted by Crippen LogP contribution is -2.24. The Labute approximate surface area is 199 Å². The van der Waals surface area contributed by atoms with Crippen LogP contribution < -0.4 is 15.4 Å². The molecule has 174 valence electrons. The van der Waals surface area contributed by atoms with E-state index in [4.69, 9.17) is 4.74 Å². The molecule has 1 fully saturated rings. The van der Waals surface area contributed by atoms with E-state index in [-0.39, 0.29) is 6.03 Å². The standard InChI is InChI=1S/C27H29N5O2/c33-27(29-23-10-12-25(13-11-23)34-20-21-6-2-1-3-7-21)30-24-9-8-22-19-28-32(26(22)18-24)17-16-31-14-4-5-15-31/h1-3,6-13,18-19H,4-5,14-17,20H2,(H2,29,30,33). The molecular weight excluding hydrogens is 426 g/mol. The van der Waals surface area contributed by atoms with Crippen molar-refractivity contribution >= 4 is 28.3 Å². The number of carbonyl (C=O) groups excluding carboxylic acids is 1. The van der Waals surface area contributed by atoms with Gasteiger partial charge in [-0.15, -0.1) is 0 Å². The number of benzene rings is 3. The maximum absolute atomic E-state index is 12.6. The second-order valence-corrected chi connectivity index (χ2v) is 8.57. The van der Waals surface area contributed by atoms with Gasteiger partial charge >= 0.3 is 6.03 Å². The summed E-state index contributed by atoms with van der Waals surface area (Å²) in [6.07, 6.45) is 4.45. The fraction of sp³-hybridized carbons (Fsp3) is 0.259. The summed E-state index contributed by atoms with van der Waals surface area (Å²) in [6, 6.07) is 23.0. The molecule has 2 heterocycles. The van der Waals surface area contributed by atoms with Crippen LogP contribution in [0.5, 0.6) is 5.75 Å². The zero-order chi connectivity index (χ0) is 23.2. The maximum atomic E-state index is 12.6. The molecule has 3 aromatic carbocycles. The molecule has 0 bridgehead atoms. The highest BCUT2D eigenvalue weighted by molar-refractivity contribution is 6.00. The lowest BCUT2D eigenvalue weighted by Gasteiger charge is -2.14. The van der Waals surface area contributed by atoms with Crippen LogP contribution in [0, 0.1) is 0 Å². The van der Waals surface area contributed by atoms with Crippen molar-refractivity contribution in [3.8, 4) is 5.75 Å². The SMILES string of the molecule is O=C(Nc1ccc(OCc2ccccc2)cc1)Nc1ccc2cnn(CCN3CCCC3)c2c1. The Morgan fingerprint density at radius 1 is 0.882 bits per heavy atom. The molecule has 0 radical (unpaired) electrons. The maximum Gasteiger partial charge on any atom is 0.323 e. The first-order valence-electron chi connectivity index (χ1n) is 11.8. The van der Waals surface area contributed by atoms with Gasteiger partial charge in [0.25, 0.3) is 0 Å². The van der Waals surface area contributed by atoms with Crippen LogP contribution in [0.2, 0.25) is 0 Å². The molecule has 5 rings (SSSR count). The molecule has 2 amide bonds. The average Bonchev–Trinajstić information content (AvgIpc) is 3.53. The average molecular weight is 456 g/mol. The van der Waals surface area contributed by atoms with E-state index in [2.05, 4.69) is 20.6 Å². The van der Waals surface area contributed by atoms with Crippen LogP contribution in [0.1, 0.15) is 18.4 Å². The number of rotatable bonds is 8. The predicted molar refractivity (Wildman–Crippen MR) is 135 cm³/mol. The van der Waals surface area contributed by atoms with Crippen molar-refractivity contribution in [1.29, 1.82) is 0 Å². The third-order valence-electron chi connectivity index (χ3n) is 6.09. The van der Waals surface area contributed by atoms with Crippen molar-refractivity contribution in [1.82, 2.24) is 14.7 Å². The number of nitrogens with one attached hydrogen (secondary N) is 2. The van der Waals surface area contributed by atoms with Crippen LogP contribution in [-0.2, 0) is 13.2 Å². The van der Waals surface area contributed by atoms with E-state index in [1.807, 2.05) is 83.7 Å². The summed E-state index contributed by atoms with van der Waals surface area (Å²) in [6.45, 7) is 4.70. The number of urea groups is 1. The van der Waals surface area contributed by atoms with Crippen LogP contribution in [0.4, 0.5) is 16.2 Å². The minimum atomic E-state index is -0.291. The number of amides is 2. The van der Waals surface area contributed by atoms with E-state index in [1.54, 1.807) is 0 Å². The van der Waals surface area contributed by atoms with Crippen LogP contribution in [-0.4, -0.2) is 40.3 Å². The predicted octanol–water partition coefficient (Wildman–Crippen LogP) is 5.36. The summed E-state index contributed by atoms with van der Waals surface area (Å²) in [7, 11) is 0.